The lowest BCUT2D eigenvalue weighted by molar-refractivity contribution is 0.0950. The predicted octanol–water partition coefficient (Wildman–Crippen LogP) is 3.18. The van der Waals surface area contributed by atoms with Crippen molar-refractivity contribution in [3.05, 3.63) is 69.4 Å². The van der Waals surface area contributed by atoms with Crippen molar-refractivity contribution in [1.82, 2.24) is 20.1 Å². The second kappa shape index (κ2) is 10.2. The van der Waals surface area contributed by atoms with Gasteiger partial charge in [-0.25, -0.2) is 4.39 Å². The summed E-state index contributed by atoms with van der Waals surface area (Å²) in [5, 5.41) is 17.4. The van der Waals surface area contributed by atoms with Crippen LogP contribution in [-0.2, 0) is 13.1 Å². The van der Waals surface area contributed by atoms with Crippen LogP contribution >= 0.6 is 0 Å². The highest BCUT2D eigenvalue weighted by atomic mass is 19.1. The summed E-state index contributed by atoms with van der Waals surface area (Å²) in [4.78, 5) is 28.5. The van der Waals surface area contributed by atoms with Gasteiger partial charge in [0.1, 0.15) is 5.82 Å². The number of piperazine rings is 1. The lowest BCUT2D eigenvalue weighted by atomic mass is 9.94. The van der Waals surface area contributed by atoms with E-state index in [1.54, 1.807) is 13.0 Å². The third kappa shape index (κ3) is 5.25. The number of aromatic nitrogens is 1. The Morgan fingerprint density at radius 2 is 1.97 bits per heavy atom. The Labute approximate surface area is 221 Å². The van der Waals surface area contributed by atoms with Crippen LogP contribution in [0.4, 0.5) is 4.39 Å². The summed E-state index contributed by atoms with van der Waals surface area (Å²) < 4.78 is 16.8. The summed E-state index contributed by atoms with van der Waals surface area (Å²) in [6.07, 6.45) is 6.24. The molecule has 2 aliphatic carbocycles. The van der Waals surface area contributed by atoms with E-state index in [4.69, 9.17) is 0 Å². The number of fused-ring (bicyclic) bond motifs is 1. The third-order valence-corrected chi connectivity index (χ3v) is 8.10. The Hall–Kier alpha value is -3.07. The van der Waals surface area contributed by atoms with E-state index in [9.17, 15) is 19.1 Å². The molecule has 0 bridgehead atoms. The Balaban J connectivity index is 1.42. The minimum Gasteiger partial charge on any atom is -0.395 e. The van der Waals surface area contributed by atoms with E-state index in [0.29, 0.717) is 34.5 Å². The molecule has 2 heterocycles. The van der Waals surface area contributed by atoms with Crippen LogP contribution in [0.5, 0.6) is 0 Å². The van der Waals surface area contributed by atoms with Crippen molar-refractivity contribution in [3.8, 4) is 11.1 Å². The van der Waals surface area contributed by atoms with E-state index in [1.807, 2.05) is 29.0 Å². The van der Waals surface area contributed by atoms with Gasteiger partial charge in [0.25, 0.3) is 11.5 Å². The number of pyridine rings is 1. The minimum absolute atomic E-state index is 0.00351. The summed E-state index contributed by atoms with van der Waals surface area (Å²) in [6.45, 7) is 5.56. The molecule has 0 radical (unpaired) electrons. The molecule has 3 aliphatic rings. The van der Waals surface area contributed by atoms with Gasteiger partial charge in [0.05, 0.1) is 6.61 Å². The van der Waals surface area contributed by atoms with Crippen LogP contribution in [0.15, 0.2) is 41.3 Å². The van der Waals surface area contributed by atoms with Crippen LogP contribution in [0.25, 0.3) is 21.9 Å². The fourth-order valence-electron chi connectivity index (χ4n) is 5.48. The monoisotopic (exact) mass is 518 g/mol. The van der Waals surface area contributed by atoms with Crippen molar-refractivity contribution in [2.24, 2.45) is 5.92 Å². The molecule has 3 N–H and O–H groups in total. The minimum atomic E-state index is -0.417. The van der Waals surface area contributed by atoms with Crippen molar-refractivity contribution in [2.75, 3.05) is 26.2 Å². The van der Waals surface area contributed by atoms with Gasteiger partial charge in [0, 0.05) is 62.0 Å². The van der Waals surface area contributed by atoms with Crippen molar-refractivity contribution >= 4 is 16.7 Å². The molecule has 1 atom stereocenters. The van der Waals surface area contributed by atoms with Crippen molar-refractivity contribution in [1.29, 1.82) is 0 Å². The number of nitrogens with zero attached hydrogens (tertiary/aromatic N) is 2. The van der Waals surface area contributed by atoms with Crippen LogP contribution in [0.1, 0.15) is 47.2 Å². The predicted molar refractivity (Wildman–Crippen MR) is 146 cm³/mol. The maximum atomic E-state index is 15.0. The highest BCUT2D eigenvalue weighted by Crippen LogP contribution is 2.33. The van der Waals surface area contributed by atoms with E-state index in [1.165, 1.54) is 6.07 Å². The van der Waals surface area contributed by atoms with Gasteiger partial charge in [-0.1, -0.05) is 6.07 Å². The van der Waals surface area contributed by atoms with Crippen LogP contribution in [-0.4, -0.2) is 58.8 Å². The van der Waals surface area contributed by atoms with E-state index < -0.39 is 5.82 Å². The van der Waals surface area contributed by atoms with E-state index in [0.717, 1.165) is 68.4 Å². The summed E-state index contributed by atoms with van der Waals surface area (Å²) in [5.74, 6) is -0.112. The van der Waals surface area contributed by atoms with Gasteiger partial charge >= 0.3 is 0 Å². The molecule has 3 aromatic rings. The fourth-order valence-corrected chi connectivity index (χ4v) is 5.48. The van der Waals surface area contributed by atoms with Gasteiger partial charge in [-0.15, -0.1) is 0 Å². The first-order valence-corrected chi connectivity index (χ1v) is 13.7. The quantitative estimate of drug-likeness (QED) is 0.427. The molecule has 2 saturated carbocycles. The van der Waals surface area contributed by atoms with Gasteiger partial charge < -0.3 is 20.3 Å². The van der Waals surface area contributed by atoms with E-state index in [-0.39, 0.29) is 30.2 Å². The molecular weight excluding hydrogens is 483 g/mol. The van der Waals surface area contributed by atoms with Gasteiger partial charge in [0.15, 0.2) is 0 Å². The molecule has 1 aromatic heterocycles. The Morgan fingerprint density at radius 3 is 2.71 bits per heavy atom. The molecule has 38 heavy (non-hydrogen) atoms. The molecule has 1 saturated heterocycles. The number of carbonyl (C=O) groups is 1. The number of benzene rings is 2. The molecule has 3 fully saturated rings. The SMILES string of the molecule is Cc1c(F)cc(C(=O)NC2CC2)cc1-c1ccc2c(=O)n(CC3CC3)cc(CN3CCN[C@H](CO)C3)c2c1. The topological polar surface area (TPSA) is 86.6 Å². The fraction of sp³-hybridized carbons (Fsp3) is 0.467. The lowest BCUT2D eigenvalue weighted by Gasteiger charge is -2.33. The smallest absolute Gasteiger partial charge is 0.258 e. The molecule has 0 spiro atoms. The zero-order valence-electron chi connectivity index (χ0n) is 21.8. The molecular formula is C30H35FN4O3. The summed E-state index contributed by atoms with van der Waals surface area (Å²) >= 11 is 0. The van der Waals surface area contributed by atoms with Crippen molar-refractivity contribution in [2.45, 2.75) is 57.8 Å². The highest BCUT2D eigenvalue weighted by Gasteiger charge is 2.26. The lowest BCUT2D eigenvalue weighted by Crippen LogP contribution is -2.51. The van der Waals surface area contributed by atoms with Gasteiger partial charge in [-0.3, -0.25) is 14.5 Å². The van der Waals surface area contributed by atoms with Crippen LogP contribution < -0.4 is 16.2 Å². The summed E-state index contributed by atoms with van der Waals surface area (Å²) in [7, 11) is 0. The average Bonchev–Trinajstić information content (AvgIpc) is 3.85. The molecule has 200 valence electrons. The molecule has 1 amide bonds. The van der Waals surface area contributed by atoms with Crippen LogP contribution in [0.3, 0.4) is 0 Å². The first-order valence-electron chi connectivity index (χ1n) is 13.7. The normalized spacial score (nSPS) is 20.1. The zero-order chi connectivity index (χ0) is 26.4. The maximum Gasteiger partial charge on any atom is 0.258 e. The number of nitrogens with one attached hydrogen (secondary N) is 2. The second-order valence-electron chi connectivity index (χ2n) is 11.3. The largest absolute Gasteiger partial charge is 0.395 e. The standard InChI is InChI=1S/C30H35FN4O3/c1-18-26(11-21(12-28(18)31)29(37)33-23-5-6-23)20-4-7-25-27(10-20)22(14-34-9-8-32-24(16-34)17-36)15-35(30(25)38)13-19-2-3-19/h4,7,10-12,15,19,23-24,32,36H,2-3,5-6,8-9,13-14,16-17H2,1H3,(H,33,37)/t24-/m0/s1. The number of aliphatic hydroxyl groups is 1. The number of carbonyl (C=O) groups excluding carboxylic acids is 1. The van der Waals surface area contributed by atoms with Crippen molar-refractivity contribution in [3.63, 3.8) is 0 Å². The zero-order valence-corrected chi connectivity index (χ0v) is 21.8. The molecule has 7 nitrogen and oxygen atoms in total. The average molecular weight is 519 g/mol. The van der Waals surface area contributed by atoms with Gasteiger partial charge in [-0.2, -0.15) is 0 Å². The highest BCUT2D eigenvalue weighted by molar-refractivity contribution is 5.97. The van der Waals surface area contributed by atoms with E-state index >= 15 is 0 Å². The molecule has 1 aliphatic heterocycles. The number of hydrogen-bond acceptors (Lipinski definition) is 5. The number of halogens is 1. The maximum absolute atomic E-state index is 15.0. The number of amides is 1. The first-order chi connectivity index (χ1) is 18.4. The molecule has 0 unspecified atom stereocenters. The Kier molecular flexibility index (Phi) is 6.80. The number of rotatable bonds is 8. The molecule has 8 heteroatoms. The summed E-state index contributed by atoms with van der Waals surface area (Å²) in [5.41, 5.74) is 3.26. The molecule has 2 aromatic carbocycles. The Morgan fingerprint density at radius 1 is 1.16 bits per heavy atom. The van der Waals surface area contributed by atoms with Crippen molar-refractivity contribution < 1.29 is 14.3 Å². The summed E-state index contributed by atoms with van der Waals surface area (Å²) in [6, 6.07) is 8.97. The number of aliphatic hydroxyl groups excluding tert-OH is 1. The van der Waals surface area contributed by atoms with Gasteiger partial charge in [-0.05, 0) is 90.4 Å². The van der Waals surface area contributed by atoms with Gasteiger partial charge in [0.2, 0.25) is 0 Å². The Bertz CT molecular complexity index is 1440. The van der Waals surface area contributed by atoms with Crippen LogP contribution in [0, 0.1) is 18.7 Å². The van der Waals surface area contributed by atoms with E-state index in [2.05, 4.69) is 15.5 Å². The third-order valence-electron chi connectivity index (χ3n) is 8.10. The number of hydrogen-bond donors (Lipinski definition) is 3. The second-order valence-corrected chi connectivity index (χ2v) is 11.3. The van der Waals surface area contributed by atoms with Crippen LogP contribution in [0.2, 0.25) is 0 Å². The first kappa shape index (κ1) is 25.2. The molecule has 6 rings (SSSR count).